The highest BCUT2D eigenvalue weighted by Crippen LogP contribution is 1.90. The SMILES string of the molecule is CCOC(=N)c1ncon1.Cl. The molecule has 0 radical (unpaired) electrons. The molecule has 1 heterocycles. The summed E-state index contributed by atoms with van der Waals surface area (Å²) < 4.78 is 9.18. The number of nitrogens with one attached hydrogen (secondary N) is 1. The summed E-state index contributed by atoms with van der Waals surface area (Å²) in [6.07, 6.45) is 1.16. The quantitative estimate of drug-likeness (QED) is 0.537. The van der Waals surface area contributed by atoms with E-state index < -0.39 is 0 Å². The predicted molar refractivity (Wildman–Crippen MR) is 40.0 cm³/mol. The molecule has 6 heteroatoms. The lowest BCUT2D eigenvalue weighted by molar-refractivity contribution is 0.320. The fraction of sp³-hybridized carbons (Fsp3) is 0.400. The van der Waals surface area contributed by atoms with Crippen molar-refractivity contribution in [2.24, 2.45) is 0 Å². The Balaban J connectivity index is 0.000001000. The van der Waals surface area contributed by atoms with Crippen LogP contribution < -0.4 is 0 Å². The van der Waals surface area contributed by atoms with Gasteiger partial charge in [-0.15, -0.1) is 12.4 Å². The summed E-state index contributed by atoms with van der Waals surface area (Å²) >= 11 is 0. The Morgan fingerprint density at radius 1 is 1.82 bits per heavy atom. The van der Waals surface area contributed by atoms with Crippen molar-refractivity contribution in [2.75, 3.05) is 6.61 Å². The van der Waals surface area contributed by atoms with Crippen LogP contribution in [0.25, 0.3) is 0 Å². The molecule has 5 nitrogen and oxygen atoms in total. The van der Waals surface area contributed by atoms with E-state index >= 15 is 0 Å². The third-order valence-corrected chi connectivity index (χ3v) is 0.853. The van der Waals surface area contributed by atoms with E-state index in [2.05, 4.69) is 14.7 Å². The number of rotatable bonds is 2. The van der Waals surface area contributed by atoms with Crippen molar-refractivity contribution in [3.8, 4) is 0 Å². The summed E-state index contributed by atoms with van der Waals surface area (Å²) in [6, 6.07) is 0. The van der Waals surface area contributed by atoms with E-state index in [-0.39, 0.29) is 24.1 Å². The molecule has 0 fully saturated rings. The maximum atomic E-state index is 7.14. The third-order valence-electron chi connectivity index (χ3n) is 0.853. The molecule has 0 atom stereocenters. The van der Waals surface area contributed by atoms with Gasteiger partial charge in [0.2, 0.25) is 6.39 Å². The molecule has 1 aromatic rings. The second-order valence-electron chi connectivity index (χ2n) is 1.52. The number of hydrogen-bond acceptors (Lipinski definition) is 5. The molecule has 0 saturated heterocycles. The fourth-order valence-corrected chi connectivity index (χ4v) is 0.480. The van der Waals surface area contributed by atoms with Crippen LogP contribution in [0.2, 0.25) is 0 Å². The van der Waals surface area contributed by atoms with E-state index in [0.717, 1.165) is 6.39 Å². The highest BCUT2D eigenvalue weighted by molar-refractivity contribution is 5.87. The van der Waals surface area contributed by atoms with Gasteiger partial charge in [0.05, 0.1) is 6.61 Å². The predicted octanol–water partition coefficient (Wildman–Crippen LogP) is 0.853. The lowest BCUT2D eigenvalue weighted by atomic mass is 10.6. The molecule has 0 saturated carbocycles. The molecule has 0 aromatic carbocycles. The number of aromatic nitrogens is 2. The largest absolute Gasteiger partial charge is 0.476 e. The third kappa shape index (κ3) is 2.55. The number of ether oxygens (including phenoxy) is 1. The van der Waals surface area contributed by atoms with Gasteiger partial charge < -0.3 is 9.26 Å². The van der Waals surface area contributed by atoms with Crippen LogP contribution in [0.5, 0.6) is 0 Å². The average molecular weight is 178 g/mol. The first-order chi connectivity index (χ1) is 4.84. The maximum Gasteiger partial charge on any atom is 0.257 e. The van der Waals surface area contributed by atoms with E-state index in [9.17, 15) is 0 Å². The first-order valence-electron chi connectivity index (χ1n) is 2.82. The normalized spacial score (nSPS) is 8.45. The summed E-state index contributed by atoms with van der Waals surface area (Å²) in [5.74, 6) is 0.123. The van der Waals surface area contributed by atoms with Crippen LogP contribution in [-0.4, -0.2) is 22.6 Å². The second kappa shape index (κ2) is 4.68. The van der Waals surface area contributed by atoms with Crippen molar-refractivity contribution in [2.45, 2.75) is 6.92 Å². The van der Waals surface area contributed by atoms with Crippen molar-refractivity contribution in [1.29, 1.82) is 5.41 Å². The topological polar surface area (TPSA) is 72.0 Å². The van der Waals surface area contributed by atoms with Crippen molar-refractivity contribution in [3.05, 3.63) is 12.2 Å². The van der Waals surface area contributed by atoms with Gasteiger partial charge in [-0.2, -0.15) is 4.98 Å². The molecule has 1 rings (SSSR count). The molecule has 1 aromatic heterocycles. The van der Waals surface area contributed by atoms with Gasteiger partial charge in [-0.05, 0) is 6.92 Å². The molecule has 0 aliphatic heterocycles. The van der Waals surface area contributed by atoms with Crippen LogP contribution in [-0.2, 0) is 4.74 Å². The minimum Gasteiger partial charge on any atom is -0.476 e. The molecule has 0 spiro atoms. The fourth-order valence-electron chi connectivity index (χ4n) is 0.480. The van der Waals surface area contributed by atoms with Crippen molar-refractivity contribution in [3.63, 3.8) is 0 Å². The lowest BCUT2D eigenvalue weighted by Crippen LogP contribution is -2.06. The van der Waals surface area contributed by atoms with Crippen LogP contribution in [0, 0.1) is 5.41 Å². The monoisotopic (exact) mass is 177 g/mol. The van der Waals surface area contributed by atoms with Gasteiger partial charge in [0.15, 0.2) is 0 Å². The number of nitrogens with zero attached hydrogens (tertiary/aromatic N) is 2. The van der Waals surface area contributed by atoms with Crippen molar-refractivity contribution in [1.82, 2.24) is 10.1 Å². The van der Waals surface area contributed by atoms with E-state index in [1.54, 1.807) is 6.92 Å². The first kappa shape index (κ1) is 9.90. The van der Waals surface area contributed by atoms with Gasteiger partial charge >= 0.3 is 0 Å². The number of hydrogen-bond donors (Lipinski definition) is 1. The molecule has 0 unspecified atom stereocenters. The Labute approximate surface area is 69.7 Å². The molecular formula is C5H8ClN3O2. The van der Waals surface area contributed by atoms with Crippen LogP contribution >= 0.6 is 12.4 Å². The van der Waals surface area contributed by atoms with Gasteiger partial charge in [0.1, 0.15) is 0 Å². The summed E-state index contributed by atoms with van der Waals surface area (Å²) in [5.41, 5.74) is 0. The summed E-state index contributed by atoms with van der Waals surface area (Å²) in [6.45, 7) is 2.22. The summed E-state index contributed by atoms with van der Waals surface area (Å²) in [5, 5.41) is 10.5. The van der Waals surface area contributed by atoms with Gasteiger partial charge in [-0.3, -0.25) is 5.41 Å². The van der Waals surface area contributed by atoms with Crippen LogP contribution in [0.3, 0.4) is 0 Å². The Bertz CT molecular complexity index is 212. The Hall–Kier alpha value is -1.10. The van der Waals surface area contributed by atoms with Gasteiger partial charge in [0, 0.05) is 0 Å². The Morgan fingerprint density at radius 3 is 3.00 bits per heavy atom. The van der Waals surface area contributed by atoms with E-state index in [0.29, 0.717) is 6.61 Å². The van der Waals surface area contributed by atoms with Crippen LogP contribution in [0.4, 0.5) is 0 Å². The summed E-state index contributed by atoms with van der Waals surface area (Å²) in [7, 11) is 0. The molecule has 0 bridgehead atoms. The highest BCUT2D eigenvalue weighted by atomic mass is 35.5. The Morgan fingerprint density at radius 2 is 2.55 bits per heavy atom. The van der Waals surface area contributed by atoms with Crippen molar-refractivity contribution >= 4 is 18.3 Å². The zero-order chi connectivity index (χ0) is 7.40. The minimum absolute atomic E-state index is 0. The molecule has 62 valence electrons. The molecule has 0 aliphatic rings. The van der Waals surface area contributed by atoms with E-state index in [4.69, 9.17) is 10.1 Å². The zero-order valence-corrected chi connectivity index (χ0v) is 6.72. The lowest BCUT2D eigenvalue weighted by Gasteiger charge is -1.96. The maximum absolute atomic E-state index is 7.14. The van der Waals surface area contributed by atoms with E-state index in [1.165, 1.54) is 0 Å². The standard InChI is InChI=1S/C5H7N3O2.ClH/c1-2-9-4(6)5-7-3-10-8-5;/h3,6H,2H2,1H3;1H. The van der Waals surface area contributed by atoms with Crippen molar-refractivity contribution < 1.29 is 9.26 Å². The molecular weight excluding hydrogens is 170 g/mol. The van der Waals surface area contributed by atoms with Crippen LogP contribution in [0.15, 0.2) is 10.9 Å². The first-order valence-corrected chi connectivity index (χ1v) is 2.82. The molecule has 0 aliphatic carbocycles. The summed E-state index contributed by atoms with van der Waals surface area (Å²) in [4.78, 5) is 3.61. The average Bonchev–Trinajstić information content (AvgIpc) is 2.38. The number of halogens is 1. The van der Waals surface area contributed by atoms with Gasteiger partial charge in [-0.25, -0.2) is 0 Å². The zero-order valence-electron chi connectivity index (χ0n) is 5.90. The Kier molecular flexibility index (Phi) is 4.21. The van der Waals surface area contributed by atoms with E-state index in [1.807, 2.05) is 0 Å². The highest BCUT2D eigenvalue weighted by Gasteiger charge is 2.05. The minimum atomic E-state index is -0.0590. The smallest absolute Gasteiger partial charge is 0.257 e. The van der Waals surface area contributed by atoms with Gasteiger partial charge in [0.25, 0.3) is 11.7 Å². The molecule has 11 heavy (non-hydrogen) atoms. The molecule has 0 amide bonds. The van der Waals surface area contributed by atoms with Crippen LogP contribution in [0.1, 0.15) is 12.7 Å². The molecule has 1 N–H and O–H groups in total. The second-order valence-corrected chi connectivity index (χ2v) is 1.52. The van der Waals surface area contributed by atoms with Gasteiger partial charge in [-0.1, -0.05) is 5.16 Å².